The monoisotopic (exact) mass is 285 g/mol. The summed E-state index contributed by atoms with van der Waals surface area (Å²) in [7, 11) is 0. The van der Waals surface area contributed by atoms with Crippen LogP contribution in [0.2, 0.25) is 0 Å². The van der Waals surface area contributed by atoms with E-state index in [1.165, 1.54) is 19.3 Å². The summed E-state index contributed by atoms with van der Waals surface area (Å²) in [5, 5.41) is 3.09. The zero-order valence-corrected chi connectivity index (χ0v) is 12.9. The lowest BCUT2D eigenvalue weighted by molar-refractivity contribution is -0.121. The van der Waals surface area contributed by atoms with Crippen molar-refractivity contribution in [1.82, 2.24) is 14.9 Å². The summed E-state index contributed by atoms with van der Waals surface area (Å²) in [6.07, 6.45) is 4.20. The number of hydrogen-bond acceptors (Lipinski definition) is 2. The van der Waals surface area contributed by atoms with E-state index < -0.39 is 0 Å². The minimum absolute atomic E-state index is 0.145. The molecule has 0 spiro atoms. The molecule has 4 nitrogen and oxygen atoms in total. The highest BCUT2D eigenvalue weighted by atomic mass is 16.1. The lowest BCUT2D eigenvalue weighted by atomic mass is 10.0. The normalized spacial score (nSPS) is 16.1. The van der Waals surface area contributed by atoms with E-state index in [9.17, 15) is 4.79 Å². The van der Waals surface area contributed by atoms with Gasteiger partial charge in [-0.25, -0.2) is 4.98 Å². The lowest BCUT2D eigenvalue weighted by Crippen LogP contribution is -2.30. The number of aryl methyl sites for hydroxylation is 2. The van der Waals surface area contributed by atoms with E-state index >= 15 is 0 Å². The maximum absolute atomic E-state index is 12.0. The van der Waals surface area contributed by atoms with Gasteiger partial charge >= 0.3 is 0 Å². The van der Waals surface area contributed by atoms with Gasteiger partial charge in [0.05, 0.1) is 11.0 Å². The van der Waals surface area contributed by atoms with Crippen LogP contribution in [0.25, 0.3) is 11.0 Å². The van der Waals surface area contributed by atoms with E-state index in [1.54, 1.807) is 0 Å². The first-order chi connectivity index (χ1) is 10.1. The van der Waals surface area contributed by atoms with E-state index in [1.807, 2.05) is 25.1 Å². The third kappa shape index (κ3) is 2.94. The van der Waals surface area contributed by atoms with Crippen LogP contribution < -0.4 is 5.32 Å². The number of amides is 1. The van der Waals surface area contributed by atoms with Gasteiger partial charge in [0.15, 0.2) is 0 Å². The van der Waals surface area contributed by atoms with Gasteiger partial charge in [-0.3, -0.25) is 4.79 Å². The maximum atomic E-state index is 12.0. The molecular formula is C17H23N3O. The topological polar surface area (TPSA) is 46.9 Å². The molecule has 1 aromatic heterocycles. The van der Waals surface area contributed by atoms with Crippen molar-refractivity contribution >= 4 is 16.9 Å². The molecule has 1 fully saturated rings. The molecule has 0 saturated heterocycles. The Labute approximate surface area is 125 Å². The number of benzene rings is 1. The number of imidazole rings is 1. The van der Waals surface area contributed by atoms with Gasteiger partial charge in [0.25, 0.3) is 0 Å². The first kappa shape index (κ1) is 14.1. The van der Waals surface area contributed by atoms with Crippen LogP contribution in [0.15, 0.2) is 24.3 Å². The fraction of sp³-hybridized carbons (Fsp3) is 0.529. The van der Waals surface area contributed by atoms with Gasteiger partial charge in [0.1, 0.15) is 5.82 Å². The molecule has 1 heterocycles. The predicted octanol–water partition coefficient (Wildman–Crippen LogP) is 3.04. The van der Waals surface area contributed by atoms with E-state index in [4.69, 9.17) is 0 Å². The van der Waals surface area contributed by atoms with Crippen LogP contribution in [0.1, 0.15) is 38.4 Å². The van der Waals surface area contributed by atoms with E-state index in [0.29, 0.717) is 18.4 Å². The summed E-state index contributed by atoms with van der Waals surface area (Å²) in [5.41, 5.74) is 2.51. The van der Waals surface area contributed by atoms with Crippen LogP contribution in [-0.4, -0.2) is 22.0 Å². The van der Waals surface area contributed by atoms with Crippen LogP contribution in [0.3, 0.4) is 0 Å². The molecule has 4 heteroatoms. The second-order valence-corrected chi connectivity index (χ2v) is 6.18. The Morgan fingerprint density at radius 2 is 2.14 bits per heavy atom. The van der Waals surface area contributed by atoms with Gasteiger partial charge in [0.2, 0.25) is 5.91 Å². The molecule has 3 rings (SSSR count). The first-order valence-electron chi connectivity index (χ1n) is 7.82. The van der Waals surface area contributed by atoms with Crippen molar-refractivity contribution < 1.29 is 4.79 Å². The largest absolute Gasteiger partial charge is 0.355 e. The van der Waals surface area contributed by atoms with Gasteiger partial charge in [-0.15, -0.1) is 0 Å². The average molecular weight is 285 g/mol. The molecule has 0 radical (unpaired) electrons. The Morgan fingerprint density at radius 3 is 2.86 bits per heavy atom. The SMILES string of the molecule is CCC1(CNC(=O)CCn2c(C)nc3ccccc32)CC1. The van der Waals surface area contributed by atoms with Crippen LogP contribution in [0.5, 0.6) is 0 Å². The van der Waals surface area contributed by atoms with E-state index in [2.05, 4.69) is 27.9 Å². The predicted molar refractivity (Wildman–Crippen MR) is 84.1 cm³/mol. The lowest BCUT2D eigenvalue weighted by Gasteiger charge is -2.13. The van der Waals surface area contributed by atoms with Crippen LogP contribution in [0, 0.1) is 12.3 Å². The number of hydrogen-bond donors (Lipinski definition) is 1. The van der Waals surface area contributed by atoms with Crippen molar-refractivity contribution in [2.75, 3.05) is 6.54 Å². The smallest absolute Gasteiger partial charge is 0.221 e. The highest BCUT2D eigenvalue weighted by molar-refractivity contribution is 5.78. The molecular weight excluding hydrogens is 262 g/mol. The molecule has 1 saturated carbocycles. The molecule has 1 N–H and O–H groups in total. The molecule has 21 heavy (non-hydrogen) atoms. The molecule has 2 aromatic rings. The van der Waals surface area contributed by atoms with Crippen LogP contribution in [-0.2, 0) is 11.3 Å². The van der Waals surface area contributed by atoms with Crippen molar-refractivity contribution in [1.29, 1.82) is 0 Å². The molecule has 1 aromatic carbocycles. The molecule has 1 aliphatic rings. The highest BCUT2D eigenvalue weighted by Crippen LogP contribution is 2.47. The minimum atomic E-state index is 0.145. The summed E-state index contributed by atoms with van der Waals surface area (Å²) in [4.78, 5) is 16.6. The minimum Gasteiger partial charge on any atom is -0.355 e. The molecule has 0 atom stereocenters. The zero-order valence-electron chi connectivity index (χ0n) is 12.9. The Kier molecular flexibility index (Phi) is 3.70. The average Bonchev–Trinajstić information content (AvgIpc) is 3.21. The van der Waals surface area contributed by atoms with E-state index in [0.717, 1.165) is 23.4 Å². The molecule has 1 amide bonds. The number of carbonyl (C=O) groups is 1. The number of para-hydroxylation sites is 2. The van der Waals surface area contributed by atoms with Gasteiger partial charge in [-0.05, 0) is 43.7 Å². The number of carbonyl (C=O) groups excluding carboxylic acids is 1. The zero-order chi connectivity index (χ0) is 14.9. The Bertz CT molecular complexity index is 655. The van der Waals surface area contributed by atoms with E-state index in [-0.39, 0.29) is 5.91 Å². The summed E-state index contributed by atoms with van der Waals surface area (Å²) < 4.78 is 2.13. The molecule has 1 aliphatic carbocycles. The summed E-state index contributed by atoms with van der Waals surface area (Å²) in [6.45, 7) is 5.73. The Balaban J connectivity index is 1.58. The van der Waals surface area contributed by atoms with Gasteiger partial charge in [-0.2, -0.15) is 0 Å². The fourth-order valence-corrected chi connectivity index (χ4v) is 2.90. The standard InChI is InChI=1S/C17H23N3O/c1-3-17(9-10-17)12-18-16(21)8-11-20-13(2)19-14-6-4-5-7-15(14)20/h4-7H,3,8-12H2,1-2H3,(H,18,21). The van der Waals surface area contributed by atoms with Gasteiger partial charge < -0.3 is 9.88 Å². The summed E-state index contributed by atoms with van der Waals surface area (Å²) in [6, 6.07) is 8.07. The first-order valence-corrected chi connectivity index (χ1v) is 7.82. The number of fused-ring (bicyclic) bond motifs is 1. The summed E-state index contributed by atoms with van der Waals surface area (Å²) in [5.74, 6) is 1.11. The van der Waals surface area contributed by atoms with Crippen LogP contribution >= 0.6 is 0 Å². The molecule has 0 unspecified atom stereocenters. The molecule has 112 valence electrons. The summed E-state index contributed by atoms with van der Waals surface area (Å²) >= 11 is 0. The number of aromatic nitrogens is 2. The third-order valence-electron chi connectivity index (χ3n) is 4.78. The van der Waals surface area contributed by atoms with Crippen molar-refractivity contribution in [2.24, 2.45) is 5.41 Å². The van der Waals surface area contributed by atoms with Crippen LogP contribution in [0.4, 0.5) is 0 Å². The van der Waals surface area contributed by atoms with Gasteiger partial charge in [-0.1, -0.05) is 19.1 Å². The van der Waals surface area contributed by atoms with Crippen molar-refractivity contribution in [2.45, 2.75) is 46.1 Å². The fourth-order valence-electron chi connectivity index (χ4n) is 2.90. The Morgan fingerprint density at radius 1 is 1.38 bits per heavy atom. The Hall–Kier alpha value is -1.84. The third-order valence-corrected chi connectivity index (χ3v) is 4.78. The molecule has 0 bridgehead atoms. The van der Waals surface area contributed by atoms with Gasteiger partial charge in [0, 0.05) is 19.5 Å². The quantitative estimate of drug-likeness (QED) is 0.886. The number of nitrogens with one attached hydrogen (secondary N) is 1. The molecule has 0 aliphatic heterocycles. The van der Waals surface area contributed by atoms with Crippen molar-refractivity contribution in [3.05, 3.63) is 30.1 Å². The second-order valence-electron chi connectivity index (χ2n) is 6.18. The second kappa shape index (κ2) is 5.51. The van der Waals surface area contributed by atoms with Crippen molar-refractivity contribution in [3.63, 3.8) is 0 Å². The van der Waals surface area contributed by atoms with Crippen molar-refractivity contribution in [3.8, 4) is 0 Å². The highest BCUT2D eigenvalue weighted by Gasteiger charge is 2.40. The maximum Gasteiger partial charge on any atom is 0.221 e. The number of nitrogens with zero attached hydrogens (tertiary/aromatic N) is 2. The number of rotatable bonds is 6.